The van der Waals surface area contributed by atoms with E-state index in [1.54, 1.807) is 11.6 Å². The van der Waals surface area contributed by atoms with E-state index in [0.29, 0.717) is 11.4 Å². The van der Waals surface area contributed by atoms with Crippen LogP contribution in [-0.4, -0.2) is 26.9 Å². The number of aryl methyl sites for hydroxylation is 1. The minimum absolute atomic E-state index is 0.599. The van der Waals surface area contributed by atoms with E-state index >= 15 is 0 Å². The SMILES string of the molecule is CCc1nnc2sc(-c3ccc(OC)c(N)c3)nn12. The van der Waals surface area contributed by atoms with Crippen molar-refractivity contribution in [3.8, 4) is 16.3 Å². The van der Waals surface area contributed by atoms with Crippen LogP contribution < -0.4 is 10.5 Å². The number of aromatic nitrogens is 4. The van der Waals surface area contributed by atoms with Crippen LogP contribution in [0.5, 0.6) is 5.75 Å². The molecule has 6 nitrogen and oxygen atoms in total. The van der Waals surface area contributed by atoms with Gasteiger partial charge in [-0.15, -0.1) is 10.2 Å². The summed E-state index contributed by atoms with van der Waals surface area (Å²) in [7, 11) is 1.60. The van der Waals surface area contributed by atoms with E-state index in [9.17, 15) is 0 Å². The van der Waals surface area contributed by atoms with Gasteiger partial charge in [-0.25, -0.2) is 0 Å². The molecular formula is C12H13N5OS. The second kappa shape index (κ2) is 4.51. The second-order valence-corrected chi connectivity index (χ2v) is 4.98. The molecule has 2 heterocycles. The number of nitrogens with zero attached hydrogens (tertiary/aromatic N) is 4. The summed E-state index contributed by atoms with van der Waals surface area (Å²) in [5.41, 5.74) is 7.47. The molecule has 0 atom stereocenters. The predicted octanol–water partition coefficient (Wildman–Crippen LogP) is 2.01. The van der Waals surface area contributed by atoms with Crippen molar-refractivity contribution in [1.82, 2.24) is 19.8 Å². The third-order valence-corrected chi connectivity index (χ3v) is 3.80. The lowest BCUT2D eigenvalue weighted by atomic mass is 10.2. The summed E-state index contributed by atoms with van der Waals surface area (Å²) in [6.45, 7) is 2.03. The van der Waals surface area contributed by atoms with Crippen LogP contribution in [0.1, 0.15) is 12.7 Å². The standard InChI is InChI=1S/C12H13N5OS/c1-3-10-14-15-12-17(10)16-11(19-12)7-4-5-9(18-2)8(13)6-7/h4-6H,3,13H2,1-2H3. The van der Waals surface area contributed by atoms with Gasteiger partial charge in [0, 0.05) is 12.0 Å². The van der Waals surface area contributed by atoms with Crippen molar-refractivity contribution in [2.24, 2.45) is 0 Å². The molecule has 0 fully saturated rings. The number of hydrogen-bond acceptors (Lipinski definition) is 6. The lowest BCUT2D eigenvalue weighted by molar-refractivity contribution is 0.417. The number of anilines is 1. The highest BCUT2D eigenvalue weighted by Gasteiger charge is 2.12. The van der Waals surface area contributed by atoms with E-state index in [1.807, 2.05) is 25.1 Å². The van der Waals surface area contributed by atoms with Crippen LogP contribution in [0.25, 0.3) is 15.5 Å². The van der Waals surface area contributed by atoms with Crippen molar-refractivity contribution in [2.45, 2.75) is 13.3 Å². The maximum atomic E-state index is 5.91. The van der Waals surface area contributed by atoms with Gasteiger partial charge in [0.2, 0.25) is 4.96 Å². The fourth-order valence-corrected chi connectivity index (χ4v) is 2.72. The first kappa shape index (κ1) is 11.9. The van der Waals surface area contributed by atoms with Gasteiger partial charge < -0.3 is 10.5 Å². The number of benzene rings is 1. The molecule has 7 heteroatoms. The molecular weight excluding hydrogens is 262 g/mol. The molecule has 2 aromatic heterocycles. The zero-order valence-electron chi connectivity index (χ0n) is 10.6. The molecule has 98 valence electrons. The van der Waals surface area contributed by atoms with E-state index in [2.05, 4.69) is 15.3 Å². The molecule has 0 saturated heterocycles. The van der Waals surface area contributed by atoms with Crippen LogP contribution in [0.3, 0.4) is 0 Å². The molecule has 3 aromatic rings. The third kappa shape index (κ3) is 1.91. The molecule has 0 aliphatic rings. The molecule has 0 saturated carbocycles. The number of ether oxygens (including phenoxy) is 1. The van der Waals surface area contributed by atoms with Crippen LogP contribution in [0, 0.1) is 0 Å². The summed E-state index contributed by atoms with van der Waals surface area (Å²) in [6, 6.07) is 5.64. The monoisotopic (exact) mass is 275 g/mol. The lowest BCUT2D eigenvalue weighted by Gasteiger charge is -2.04. The van der Waals surface area contributed by atoms with Crippen LogP contribution in [0.15, 0.2) is 18.2 Å². The Morgan fingerprint density at radius 3 is 2.89 bits per heavy atom. The normalized spacial score (nSPS) is 11.1. The van der Waals surface area contributed by atoms with Gasteiger partial charge in [0.15, 0.2) is 5.82 Å². The topological polar surface area (TPSA) is 78.3 Å². The summed E-state index contributed by atoms with van der Waals surface area (Å²) in [6.07, 6.45) is 0.801. The minimum Gasteiger partial charge on any atom is -0.495 e. The highest BCUT2D eigenvalue weighted by Crippen LogP contribution is 2.30. The van der Waals surface area contributed by atoms with Gasteiger partial charge >= 0.3 is 0 Å². The molecule has 2 N–H and O–H groups in total. The van der Waals surface area contributed by atoms with E-state index in [1.165, 1.54) is 11.3 Å². The number of methoxy groups -OCH3 is 1. The number of nitrogens with two attached hydrogens (primary N) is 1. The Bertz CT molecular complexity index is 733. The average molecular weight is 275 g/mol. The second-order valence-electron chi connectivity index (χ2n) is 4.03. The maximum absolute atomic E-state index is 5.91. The van der Waals surface area contributed by atoms with Crippen LogP contribution in [0.4, 0.5) is 5.69 Å². The van der Waals surface area contributed by atoms with Gasteiger partial charge in [0.1, 0.15) is 10.8 Å². The molecule has 19 heavy (non-hydrogen) atoms. The summed E-state index contributed by atoms with van der Waals surface area (Å²) < 4.78 is 6.92. The Kier molecular flexibility index (Phi) is 2.83. The molecule has 0 spiro atoms. The zero-order valence-corrected chi connectivity index (χ0v) is 11.4. The molecule has 0 amide bonds. The van der Waals surface area contributed by atoms with E-state index < -0.39 is 0 Å². The van der Waals surface area contributed by atoms with Gasteiger partial charge in [-0.2, -0.15) is 9.61 Å². The predicted molar refractivity (Wildman–Crippen MR) is 74.4 cm³/mol. The van der Waals surface area contributed by atoms with E-state index in [4.69, 9.17) is 10.5 Å². The van der Waals surface area contributed by atoms with Gasteiger partial charge in [0.25, 0.3) is 0 Å². The van der Waals surface area contributed by atoms with E-state index in [-0.39, 0.29) is 0 Å². The summed E-state index contributed by atoms with van der Waals surface area (Å²) >= 11 is 1.49. The fourth-order valence-electron chi connectivity index (χ4n) is 1.86. The first-order valence-corrected chi connectivity index (χ1v) is 6.69. The van der Waals surface area contributed by atoms with Crippen molar-refractivity contribution in [3.63, 3.8) is 0 Å². The highest BCUT2D eigenvalue weighted by molar-refractivity contribution is 7.19. The van der Waals surface area contributed by atoms with Crippen molar-refractivity contribution in [1.29, 1.82) is 0 Å². The molecule has 1 aromatic carbocycles. The smallest absolute Gasteiger partial charge is 0.234 e. The largest absolute Gasteiger partial charge is 0.495 e. The van der Waals surface area contributed by atoms with Crippen molar-refractivity contribution < 1.29 is 4.74 Å². The van der Waals surface area contributed by atoms with Crippen molar-refractivity contribution in [3.05, 3.63) is 24.0 Å². The van der Waals surface area contributed by atoms with Crippen LogP contribution >= 0.6 is 11.3 Å². The van der Waals surface area contributed by atoms with Crippen molar-refractivity contribution >= 4 is 22.0 Å². The lowest BCUT2D eigenvalue weighted by Crippen LogP contribution is -1.94. The quantitative estimate of drug-likeness (QED) is 0.740. The minimum atomic E-state index is 0.599. The van der Waals surface area contributed by atoms with Gasteiger partial charge in [-0.1, -0.05) is 18.3 Å². The fraction of sp³-hybridized carbons (Fsp3) is 0.250. The Morgan fingerprint density at radius 2 is 2.21 bits per heavy atom. The van der Waals surface area contributed by atoms with Gasteiger partial charge in [-0.3, -0.25) is 0 Å². The maximum Gasteiger partial charge on any atom is 0.234 e. The molecule has 0 bridgehead atoms. The Hall–Kier alpha value is -2.15. The zero-order chi connectivity index (χ0) is 13.4. The third-order valence-electron chi connectivity index (χ3n) is 2.85. The molecule has 0 radical (unpaired) electrons. The first-order valence-electron chi connectivity index (χ1n) is 5.88. The van der Waals surface area contributed by atoms with Crippen LogP contribution in [-0.2, 0) is 6.42 Å². The van der Waals surface area contributed by atoms with Gasteiger partial charge in [0.05, 0.1) is 12.8 Å². The summed E-state index contributed by atoms with van der Waals surface area (Å²) in [4.78, 5) is 0.793. The number of nitrogen functional groups attached to an aromatic ring is 1. The Balaban J connectivity index is 2.08. The van der Waals surface area contributed by atoms with Crippen molar-refractivity contribution in [2.75, 3.05) is 12.8 Å². The summed E-state index contributed by atoms with van der Waals surface area (Å²) in [5, 5.41) is 13.6. The number of fused-ring (bicyclic) bond motifs is 1. The van der Waals surface area contributed by atoms with Gasteiger partial charge in [-0.05, 0) is 18.2 Å². The molecule has 3 rings (SSSR count). The number of hydrogen-bond donors (Lipinski definition) is 1. The molecule has 0 aliphatic carbocycles. The Labute approximate surface area is 113 Å². The van der Waals surface area contributed by atoms with E-state index in [0.717, 1.165) is 27.8 Å². The van der Waals surface area contributed by atoms with Crippen LogP contribution in [0.2, 0.25) is 0 Å². The summed E-state index contributed by atoms with van der Waals surface area (Å²) in [5.74, 6) is 1.53. The average Bonchev–Trinajstić information content (AvgIpc) is 2.98. The molecule has 0 unspecified atom stereocenters. The molecule has 0 aliphatic heterocycles. The Morgan fingerprint density at radius 1 is 1.37 bits per heavy atom. The highest BCUT2D eigenvalue weighted by atomic mass is 32.1. The first-order chi connectivity index (χ1) is 9.22. The number of rotatable bonds is 3.